The molecule has 1 aromatic heterocycles. The number of para-hydroxylation sites is 3. The Hall–Kier alpha value is -6.35. The number of nitrogens with zero attached hydrogens (tertiary/aromatic N) is 3. The number of benzene rings is 5. The smallest absolute Gasteiger partial charge is 0.328 e. The summed E-state index contributed by atoms with van der Waals surface area (Å²) in [6.07, 6.45) is 1.82. The van der Waals surface area contributed by atoms with Crippen molar-refractivity contribution in [2.45, 2.75) is 19.0 Å². The first-order valence-corrected chi connectivity index (χ1v) is 16.3. The molecular formula is C41H36N4O5. The Morgan fingerprint density at radius 1 is 0.740 bits per heavy atom. The number of anilines is 1. The van der Waals surface area contributed by atoms with Crippen molar-refractivity contribution in [3.63, 3.8) is 0 Å². The minimum absolute atomic E-state index is 0.145. The number of carbonyl (C=O) groups is 3. The maximum absolute atomic E-state index is 13.6. The Balaban J connectivity index is 1.11. The maximum atomic E-state index is 13.6. The highest BCUT2D eigenvalue weighted by molar-refractivity contribution is 6.12. The number of carbonyl (C=O) groups excluding carboxylic acids is 3. The number of ketones is 1. The highest BCUT2D eigenvalue weighted by Crippen LogP contribution is 2.22. The molecule has 1 amide bonds. The van der Waals surface area contributed by atoms with Crippen molar-refractivity contribution in [1.29, 1.82) is 0 Å². The Bertz CT molecular complexity index is 2070. The highest BCUT2D eigenvalue weighted by atomic mass is 16.5. The van der Waals surface area contributed by atoms with Crippen LogP contribution in [-0.2, 0) is 22.5 Å². The van der Waals surface area contributed by atoms with Crippen LogP contribution in [0, 0.1) is 0 Å². The van der Waals surface area contributed by atoms with Gasteiger partial charge in [0.2, 0.25) is 0 Å². The first-order valence-electron chi connectivity index (χ1n) is 16.3. The third kappa shape index (κ3) is 8.38. The van der Waals surface area contributed by atoms with Crippen LogP contribution in [0.25, 0.3) is 11.0 Å². The van der Waals surface area contributed by atoms with Crippen LogP contribution in [0.15, 0.2) is 140 Å². The van der Waals surface area contributed by atoms with Gasteiger partial charge in [-0.05, 0) is 47.5 Å². The monoisotopic (exact) mass is 664 g/mol. The SMILES string of the molecule is COC(=O)[C@H](Cc1ccc(OCCN(Cc2ccccc2)C(=O)c2cnc3ccccc3n2)cc1)Nc1ccccc1C(=O)c1ccccc1. The second-order valence-corrected chi connectivity index (χ2v) is 11.6. The van der Waals surface area contributed by atoms with Gasteiger partial charge in [-0.3, -0.25) is 14.6 Å². The van der Waals surface area contributed by atoms with Crippen molar-refractivity contribution in [3.05, 3.63) is 168 Å². The summed E-state index contributed by atoms with van der Waals surface area (Å²) in [7, 11) is 1.34. The van der Waals surface area contributed by atoms with E-state index >= 15 is 0 Å². The highest BCUT2D eigenvalue weighted by Gasteiger charge is 2.23. The first kappa shape index (κ1) is 33.5. The molecule has 9 heteroatoms. The van der Waals surface area contributed by atoms with Crippen LogP contribution >= 0.6 is 0 Å². The van der Waals surface area contributed by atoms with E-state index in [0.717, 1.165) is 16.6 Å². The molecule has 6 aromatic rings. The standard InChI is InChI=1S/C41H36N4O5/c1-49-41(48)37(43-34-17-9-8-16-33(34)39(46)31-14-6-3-7-15-31)26-29-20-22-32(23-21-29)50-25-24-45(28-30-12-4-2-5-13-30)40(47)38-27-42-35-18-10-11-19-36(35)44-38/h2-23,27,37,43H,24-26,28H2,1H3/t37-/m0/s1. The fraction of sp³-hybridized carbons (Fsp3) is 0.146. The van der Waals surface area contributed by atoms with Gasteiger partial charge in [0.15, 0.2) is 5.78 Å². The topological polar surface area (TPSA) is 111 Å². The number of hydrogen-bond acceptors (Lipinski definition) is 8. The van der Waals surface area contributed by atoms with E-state index in [-0.39, 0.29) is 24.0 Å². The zero-order valence-corrected chi connectivity index (χ0v) is 27.6. The molecule has 6 rings (SSSR count). The number of nitrogens with one attached hydrogen (secondary N) is 1. The van der Waals surface area contributed by atoms with E-state index in [2.05, 4.69) is 15.3 Å². The fourth-order valence-corrected chi connectivity index (χ4v) is 5.58. The van der Waals surface area contributed by atoms with Gasteiger partial charge in [-0.15, -0.1) is 0 Å². The number of rotatable bonds is 14. The van der Waals surface area contributed by atoms with Gasteiger partial charge in [0.05, 0.1) is 30.9 Å². The lowest BCUT2D eigenvalue weighted by Crippen LogP contribution is -2.34. The second-order valence-electron chi connectivity index (χ2n) is 11.6. The van der Waals surface area contributed by atoms with Crippen molar-refractivity contribution in [2.24, 2.45) is 0 Å². The van der Waals surface area contributed by atoms with Gasteiger partial charge < -0.3 is 19.7 Å². The third-order valence-corrected chi connectivity index (χ3v) is 8.19. The molecule has 1 N–H and O–H groups in total. The lowest BCUT2D eigenvalue weighted by molar-refractivity contribution is -0.141. The van der Waals surface area contributed by atoms with Gasteiger partial charge in [-0.2, -0.15) is 0 Å². The van der Waals surface area contributed by atoms with Gasteiger partial charge in [-0.1, -0.05) is 97.1 Å². The van der Waals surface area contributed by atoms with E-state index in [1.807, 2.05) is 103 Å². The summed E-state index contributed by atoms with van der Waals surface area (Å²) in [6.45, 7) is 0.954. The van der Waals surface area contributed by atoms with Crippen LogP contribution in [0.5, 0.6) is 5.75 Å². The summed E-state index contributed by atoms with van der Waals surface area (Å²) in [6, 6.07) is 40.0. The Kier molecular flexibility index (Phi) is 10.8. The number of fused-ring (bicyclic) bond motifs is 1. The van der Waals surface area contributed by atoms with Crippen molar-refractivity contribution in [2.75, 3.05) is 25.6 Å². The van der Waals surface area contributed by atoms with Crippen LogP contribution in [0.1, 0.15) is 37.5 Å². The first-order chi connectivity index (χ1) is 24.5. The van der Waals surface area contributed by atoms with E-state index in [9.17, 15) is 14.4 Å². The lowest BCUT2D eigenvalue weighted by Gasteiger charge is -2.23. The molecule has 0 spiro atoms. The molecule has 0 aliphatic rings. The lowest BCUT2D eigenvalue weighted by atomic mass is 10.00. The van der Waals surface area contributed by atoms with Crippen molar-refractivity contribution >= 4 is 34.4 Å². The van der Waals surface area contributed by atoms with Gasteiger partial charge in [0.1, 0.15) is 24.1 Å². The maximum Gasteiger partial charge on any atom is 0.328 e. The van der Waals surface area contributed by atoms with E-state index < -0.39 is 12.0 Å². The number of hydrogen-bond donors (Lipinski definition) is 1. The van der Waals surface area contributed by atoms with E-state index in [1.165, 1.54) is 13.3 Å². The molecule has 0 saturated heterocycles. The van der Waals surface area contributed by atoms with Crippen LogP contribution < -0.4 is 10.1 Å². The second kappa shape index (κ2) is 16.2. The molecule has 50 heavy (non-hydrogen) atoms. The molecule has 0 unspecified atom stereocenters. The molecule has 0 aliphatic carbocycles. The molecule has 0 saturated carbocycles. The number of ether oxygens (including phenoxy) is 2. The molecule has 0 fully saturated rings. The Morgan fingerprint density at radius 3 is 2.14 bits per heavy atom. The van der Waals surface area contributed by atoms with Crippen LogP contribution in [0.4, 0.5) is 5.69 Å². The van der Waals surface area contributed by atoms with Crippen molar-refractivity contribution in [1.82, 2.24) is 14.9 Å². The predicted molar refractivity (Wildman–Crippen MR) is 192 cm³/mol. The van der Waals surface area contributed by atoms with Crippen molar-refractivity contribution in [3.8, 4) is 5.75 Å². The summed E-state index contributed by atoms with van der Waals surface area (Å²) in [4.78, 5) is 50.4. The Morgan fingerprint density at radius 2 is 1.40 bits per heavy atom. The molecule has 5 aromatic carbocycles. The molecule has 1 atom stereocenters. The van der Waals surface area contributed by atoms with Crippen LogP contribution in [0.3, 0.4) is 0 Å². The fourth-order valence-electron chi connectivity index (χ4n) is 5.58. The molecule has 250 valence electrons. The van der Waals surface area contributed by atoms with E-state index in [0.29, 0.717) is 47.6 Å². The van der Waals surface area contributed by atoms with Crippen LogP contribution in [0.2, 0.25) is 0 Å². The van der Waals surface area contributed by atoms with Crippen molar-refractivity contribution < 1.29 is 23.9 Å². The molecule has 0 radical (unpaired) electrons. The van der Waals surface area contributed by atoms with Gasteiger partial charge >= 0.3 is 5.97 Å². The zero-order chi connectivity index (χ0) is 34.7. The van der Waals surface area contributed by atoms with Gasteiger partial charge in [0, 0.05) is 29.8 Å². The molecule has 1 heterocycles. The number of esters is 1. The summed E-state index contributed by atoms with van der Waals surface area (Å²) in [5.41, 5.74) is 5.06. The summed E-state index contributed by atoms with van der Waals surface area (Å²) < 4.78 is 11.2. The number of aromatic nitrogens is 2. The van der Waals surface area contributed by atoms with Gasteiger partial charge in [0.25, 0.3) is 5.91 Å². The third-order valence-electron chi connectivity index (χ3n) is 8.19. The minimum atomic E-state index is -0.743. The molecular weight excluding hydrogens is 628 g/mol. The molecule has 9 nitrogen and oxygen atoms in total. The van der Waals surface area contributed by atoms with E-state index in [4.69, 9.17) is 9.47 Å². The normalized spacial score (nSPS) is 11.4. The Labute approximate surface area is 290 Å². The number of amides is 1. The zero-order valence-electron chi connectivity index (χ0n) is 27.6. The summed E-state index contributed by atoms with van der Waals surface area (Å²) >= 11 is 0. The largest absolute Gasteiger partial charge is 0.492 e. The number of methoxy groups -OCH3 is 1. The molecule has 0 bridgehead atoms. The quantitative estimate of drug-likeness (QED) is 0.100. The van der Waals surface area contributed by atoms with E-state index in [1.54, 1.807) is 35.2 Å². The van der Waals surface area contributed by atoms with Gasteiger partial charge in [-0.25, -0.2) is 9.78 Å². The summed E-state index contributed by atoms with van der Waals surface area (Å²) in [5, 5.41) is 3.24. The van der Waals surface area contributed by atoms with Crippen LogP contribution in [-0.4, -0.2) is 58.8 Å². The average Bonchev–Trinajstić information content (AvgIpc) is 3.17. The average molecular weight is 665 g/mol. The summed E-state index contributed by atoms with van der Waals surface area (Å²) in [5.74, 6) is -0.216. The minimum Gasteiger partial charge on any atom is -0.492 e. The predicted octanol–water partition coefficient (Wildman–Crippen LogP) is 6.78. The molecule has 0 aliphatic heterocycles.